The maximum absolute atomic E-state index is 11.3. The van der Waals surface area contributed by atoms with Gasteiger partial charge in [-0.05, 0) is 13.0 Å². The molecule has 0 radical (unpaired) electrons. The molecule has 0 aromatic carbocycles. The van der Waals surface area contributed by atoms with Gasteiger partial charge in [-0.15, -0.1) is 0 Å². The maximum Gasteiger partial charge on any atom is 0.236 e. The summed E-state index contributed by atoms with van der Waals surface area (Å²) in [5.74, 6) is 0.455. The minimum absolute atomic E-state index is 0.251. The van der Waals surface area contributed by atoms with E-state index in [9.17, 15) is 4.79 Å². The standard InChI is InChI=1S/C11H17N5O/c1-8-14-3-2-9(15-8)7-16-5-4-13-6-10(16)11(12)17/h2-3,10,13H,4-7H2,1H3,(H2,12,17). The molecule has 1 aromatic heterocycles. The monoisotopic (exact) mass is 235 g/mol. The molecule has 2 heterocycles. The highest BCUT2D eigenvalue weighted by atomic mass is 16.1. The van der Waals surface area contributed by atoms with Gasteiger partial charge in [0.1, 0.15) is 11.9 Å². The van der Waals surface area contributed by atoms with Gasteiger partial charge in [-0.25, -0.2) is 9.97 Å². The molecule has 1 atom stereocenters. The first-order valence-corrected chi connectivity index (χ1v) is 5.69. The van der Waals surface area contributed by atoms with Crippen molar-refractivity contribution in [2.45, 2.75) is 19.5 Å². The van der Waals surface area contributed by atoms with Crippen LogP contribution in [0.3, 0.4) is 0 Å². The number of rotatable bonds is 3. The Morgan fingerprint density at radius 3 is 3.24 bits per heavy atom. The first-order valence-electron chi connectivity index (χ1n) is 5.69. The Morgan fingerprint density at radius 1 is 1.71 bits per heavy atom. The molecular formula is C11H17N5O. The fourth-order valence-electron chi connectivity index (χ4n) is 2.02. The number of piperazine rings is 1. The topological polar surface area (TPSA) is 84.1 Å². The van der Waals surface area contributed by atoms with Crippen molar-refractivity contribution >= 4 is 5.91 Å². The number of hydrogen-bond donors (Lipinski definition) is 2. The van der Waals surface area contributed by atoms with Crippen LogP contribution in [0.1, 0.15) is 11.5 Å². The minimum Gasteiger partial charge on any atom is -0.368 e. The normalized spacial score (nSPS) is 21.4. The molecule has 1 unspecified atom stereocenters. The number of hydrogen-bond acceptors (Lipinski definition) is 5. The van der Waals surface area contributed by atoms with Crippen LogP contribution in [0.15, 0.2) is 12.3 Å². The Labute approximate surface area is 100 Å². The lowest BCUT2D eigenvalue weighted by atomic mass is 10.1. The van der Waals surface area contributed by atoms with Gasteiger partial charge in [0, 0.05) is 32.4 Å². The number of nitrogens with one attached hydrogen (secondary N) is 1. The average molecular weight is 235 g/mol. The van der Waals surface area contributed by atoms with Crippen molar-refractivity contribution in [1.82, 2.24) is 20.2 Å². The number of nitrogens with zero attached hydrogens (tertiary/aromatic N) is 3. The molecule has 6 heteroatoms. The lowest BCUT2D eigenvalue weighted by Gasteiger charge is -2.33. The van der Waals surface area contributed by atoms with Crippen LogP contribution in [-0.2, 0) is 11.3 Å². The van der Waals surface area contributed by atoms with Crippen LogP contribution in [-0.4, -0.2) is 46.5 Å². The molecule has 1 aromatic rings. The van der Waals surface area contributed by atoms with Crippen molar-refractivity contribution in [2.75, 3.05) is 19.6 Å². The molecule has 2 rings (SSSR count). The summed E-state index contributed by atoms with van der Waals surface area (Å²) in [5.41, 5.74) is 6.31. The third-order valence-corrected chi connectivity index (χ3v) is 2.88. The van der Waals surface area contributed by atoms with E-state index in [-0.39, 0.29) is 11.9 Å². The molecular weight excluding hydrogens is 218 g/mol. The second kappa shape index (κ2) is 5.20. The van der Waals surface area contributed by atoms with Crippen molar-refractivity contribution < 1.29 is 4.79 Å². The largest absolute Gasteiger partial charge is 0.368 e. The third kappa shape index (κ3) is 2.98. The van der Waals surface area contributed by atoms with Gasteiger partial charge in [0.25, 0.3) is 0 Å². The predicted molar refractivity (Wildman–Crippen MR) is 63.0 cm³/mol. The van der Waals surface area contributed by atoms with Gasteiger partial charge in [0.2, 0.25) is 5.91 Å². The molecule has 0 spiro atoms. The molecule has 1 saturated heterocycles. The molecule has 1 amide bonds. The SMILES string of the molecule is Cc1nccc(CN2CCNCC2C(N)=O)n1. The fourth-order valence-corrected chi connectivity index (χ4v) is 2.02. The Morgan fingerprint density at radius 2 is 2.53 bits per heavy atom. The van der Waals surface area contributed by atoms with Crippen molar-refractivity contribution in [3.8, 4) is 0 Å². The summed E-state index contributed by atoms with van der Waals surface area (Å²) in [4.78, 5) is 21.8. The number of aryl methyl sites for hydroxylation is 1. The van der Waals surface area contributed by atoms with E-state index in [1.54, 1.807) is 6.20 Å². The van der Waals surface area contributed by atoms with Crippen LogP contribution in [0.4, 0.5) is 0 Å². The lowest BCUT2D eigenvalue weighted by Crippen LogP contribution is -2.56. The molecule has 17 heavy (non-hydrogen) atoms. The van der Waals surface area contributed by atoms with Crippen LogP contribution in [0, 0.1) is 6.92 Å². The lowest BCUT2D eigenvalue weighted by molar-refractivity contribution is -0.124. The van der Waals surface area contributed by atoms with Crippen LogP contribution < -0.4 is 11.1 Å². The van der Waals surface area contributed by atoms with Crippen molar-refractivity contribution in [1.29, 1.82) is 0 Å². The molecule has 3 N–H and O–H groups in total. The molecule has 0 bridgehead atoms. The Hall–Kier alpha value is -1.53. The van der Waals surface area contributed by atoms with Crippen molar-refractivity contribution in [3.05, 3.63) is 23.8 Å². The van der Waals surface area contributed by atoms with E-state index in [0.29, 0.717) is 13.1 Å². The molecule has 1 aliphatic rings. The van der Waals surface area contributed by atoms with E-state index in [1.807, 2.05) is 13.0 Å². The zero-order valence-corrected chi connectivity index (χ0v) is 9.89. The van der Waals surface area contributed by atoms with E-state index >= 15 is 0 Å². The van der Waals surface area contributed by atoms with Crippen molar-refractivity contribution in [3.63, 3.8) is 0 Å². The highest BCUT2D eigenvalue weighted by Crippen LogP contribution is 2.08. The number of primary amides is 1. The van der Waals surface area contributed by atoms with E-state index in [2.05, 4.69) is 20.2 Å². The van der Waals surface area contributed by atoms with Crippen LogP contribution in [0.5, 0.6) is 0 Å². The van der Waals surface area contributed by atoms with Gasteiger partial charge in [0.15, 0.2) is 0 Å². The highest BCUT2D eigenvalue weighted by molar-refractivity contribution is 5.80. The summed E-state index contributed by atoms with van der Waals surface area (Å²) >= 11 is 0. The molecule has 6 nitrogen and oxygen atoms in total. The first kappa shape index (κ1) is 11.9. The van der Waals surface area contributed by atoms with E-state index in [1.165, 1.54) is 0 Å². The first-order chi connectivity index (χ1) is 8.16. The van der Waals surface area contributed by atoms with Crippen molar-refractivity contribution in [2.24, 2.45) is 5.73 Å². The quantitative estimate of drug-likeness (QED) is 0.705. The van der Waals surface area contributed by atoms with Gasteiger partial charge >= 0.3 is 0 Å². The predicted octanol–water partition coefficient (Wildman–Crippen LogP) is -0.956. The number of nitrogens with two attached hydrogens (primary N) is 1. The molecule has 0 aliphatic carbocycles. The Kier molecular flexibility index (Phi) is 3.65. The van der Waals surface area contributed by atoms with E-state index in [4.69, 9.17) is 5.73 Å². The van der Waals surface area contributed by atoms with Gasteiger partial charge in [-0.3, -0.25) is 9.69 Å². The Bertz CT molecular complexity index is 409. The average Bonchev–Trinajstić information content (AvgIpc) is 2.29. The zero-order valence-electron chi connectivity index (χ0n) is 9.89. The summed E-state index contributed by atoms with van der Waals surface area (Å²) in [6.07, 6.45) is 1.74. The minimum atomic E-state index is -0.289. The molecule has 0 saturated carbocycles. The van der Waals surface area contributed by atoms with Gasteiger partial charge in [-0.2, -0.15) is 0 Å². The molecule has 1 fully saturated rings. The van der Waals surface area contributed by atoms with Crippen LogP contribution in [0.2, 0.25) is 0 Å². The third-order valence-electron chi connectivity index (χ3n) is 2.88. The summed E-state index contributed by atoms with van der Waals surface area (Å²) in [6, 6.07) is 1.62. The number of carbonyl (C=O) groups excluding carboxylic acids is 1. The molecule has 92 valence electrons. The van der Waals surface area contributed by atoms with Crippen LogP contribution >= 0.6 is 0 Å². The highest BCUT2D eigenvalue weighted by Gasteiger charge is 2.26. The number of amides is 1. The van der Waals surface area contributed by atoms with Gasteiger partial charge in [-0.1, -0.05) is 0 Å². The summed E-state index contributed by atoms with van der Waals surface area (Å²) in [6.45, 7) is 4.77. The molecule has 1 aliphatic heterocycles. The zero-order chi connectivity index (χ0) is 12.3. The Balaban J connectivity index is 2.08. The maximum atomic E-state index is 11.3. The summed E-state index contributed by atoms with van der Waals surface area (Å²) in [5, 5.41) is 3.17. The van der Waals surface area contributed by atoms with Gasteiger partial charge in [0.05, 0.1) is 5.69 Å². The number of carbonyl (C=O) groups is 1. The van der Waals surface area contributed by atoms with E-state index < -0.39 is 0 Å². The smallest absolute Gasteiger partial charge is 0.236 e. The summed E-state index contributed by atoms with van der Waals surface area (Å²) in [7, 11) is 0. The van der Waals surface area contributed by atoms with Gasteiger partial charge < -0.3 is 11.1 Å². The van der Waals surface area contributed by atoms with E-state index in [0.717, 1.165) is 24.6 Å². The van der Waals surface area contributed by atoms with Crippen LogP contribution in [0.25, 0.3) is 0 Å². The second-order valence-electron chi connectivity index (χ2n) is 4.19. The fraction of sp³-hybridized carbons (Fsp3) is 0.545. The summed E-state index contributed by atoms with van der Waals surface area (Å²) < 4.78 is 0. The number of aromatic nitrogens is 2. The second-order valence-corrected chi connectivity index (χ2v) is 4.19.